The molecular formula is C30H28N4O6S. The predicted molar refractivity (Wildman–Crippen MR) is 153 cm³/mol. The van der Waals surface area contributed by atoms with Crippen molar-refractivity contribution in [3.05, 3.63) is 102 Å². The molecule has 0 spiro atoms. The molecule has 0 saturated carbocycles. The number of para-hydroxylation sites is 1. The lowest BCUT2D eigenvalue weighted by atomic mass is 9.97. The lowest BCUT2D eigenvalue weighted by Gasteiger charge is -2.21. The third kappa shape index (κ3) is 6.15. The highest BCUT2D eigenvalue weighted by Crippen LogP contribution is 2.34. The van der Waals surface area contributed by atoms with E-state index in [9.17, 15) is 13.2 Å². The van der Waals surface area contributed by atoms with Crippen LogP contribution < -0.4 is 9.46 Å². The van der Waals surface area contributed by atoms with Gasteiger partial charge in [-0.05, 0) is 55.3 Å². The van der Waals surface area contributed by atoms with Gasteiger partial charge in [0.1, 0.15) is 12.0 Å². The van der Waals surface area contributed by atoms with E-state index >= 15 is 0 Å². The van der Waals surface area contributed by atoms with Crippen molar-refractivity contribution in [3.63, 3.8) is 0 Å². The minimum atomic E-state index is -4.07. The molecule has 0 atom stereocenters. The van der Waals surface area contributed by atoms with Crippen LogP contribution in [0.1, 0.15) is 16.8 Å². The van der Waals surface area contributed by atoms with Gasteiger partial charge in [0.05, 0.1) is 16.8 Å². The number of aromatic nitrogens is 2. The summed E-state index contributed by atoms with van der Waals surface area (Å²) >= 11 is 0. The Morgan fingerprint density at radius 1 is 1.00 bits per heavy atom. The highest BCUT2D eigenvalue weighted by atomic mass is 32.2. The summed E-state index contributed by atoms with van der Waals surface area (Å²) in [6, 6.07) is 21.1. The molecule has 11 heteroatoms. The molecule has 0 bridgehead atoms. The Kier molecular flexibility index (Phi) is 7.88. The zero-order chi connectivity index (χ0) is 29.0. The van der Waals surface area contributed by atoms with Gasteiger partial charge in [0.15, 0.2) is 6.61 Å². The van der Waals surface area contributed by atoms with Gasteiger partial charge in [0, 0.05) is 30.3 Å². The minimum Gasteiger partial charge on any atom is -0.484 e. The zero-order valence-electron chi connectivity index (χ0n) is 22.7. The van der Waals surface area contributed by atoms with Crippen molar-refractivity contribution in [2.45, 2.75) is 25.3 Å². The van der Waals surface area contributed by atoms with Crippen LogP contribution in [-0.4, -0.2) is 43.0 Å². The van der Waals surface area contributed by atoms with E-state index in [0.29, 0.717) is 45.2 Å². The number of anilines is 1. The minimum absolute atomic E-state index is 0.0416. The van der Waals surface area contributed by atoms with Crippen molar-refractivity contribution < 1.29 is 26.9 Å². The highest BCUT2D eigenvalue weighted by molar-refractivity contribution is 7.92. The number of likely N-dealkylation sites (N-methyl/N-ethyl adjacent to an activating group) is 1. The van der Waals surface area contributed by atoms with Crippen LogP contribution in [0.5, 0.6) is 5.75 Å². The van der Waals surface area contributed by atoms with Crippen LogP contribution in [0.3, 0.4) is 0 Å². The lowest BCUT2D eigenvalue weighted by Crippen LogP contribution is -2.31. The Morgan fingerprint density at radius 2 is 1.76 bits per heavy atom. The van der Waals surface area contributed by atoms with E-state index in [1.54, 1.807) is 69.6 Å². The summed E-state index contributed by atoms with van der Waals surface area (Å²) in [7, 11) is -2.41. The van der Waals surface area contributed by atoms with Crippen LogP contribution in [0, 0.1) is 13.8 Å². The van der Waals surface area contributed by atoms with Gasteiger partial charge in [0.25, 0.3) is 15.9 Å². The molecule has 0 radical (unpaired) electrons. The third-order valence-electron chi connectivity index (χ3n) is 6.57. The first-order chi connectivity index (χ1) is 19.7. The molecule has 2 aromatic heterocycles. The van der Waals surface area contributed by atoms with E-state index in [-0.39, 0.29) is 29.8 Å². The second-order valence-electron chi connectivity index (χ2n) is 9.38. The Bertz CT molecular complexity index is 1770. The summed E-state index contributed by atoms with van der Waals surface area (Å²) < 4.78 is 46.0. The van der Waals surface area contributed by atoms with Crippen LogP contribution >= 0.6 is 0 Å². The fourth-order valence-corrected chi connectivity index (χ4v) is 5.48. The van der Waals surface area contributed by atoms with Crippen molar-refractivity contribution in [3.8, 4) is 28.3 Å². The maximum atomic E-state index is 13.6. The molecule has 0 aliphatic heterocycles. The number of oxazole rings is 1. The zero-order valence-corrected chi connectivity index (χ0v) is 23.5. The van der Waals surface area contributed by atoms with Crippen molar-refractivity contribution in [1.82, 2.24) is 15.0 Å². The summed E-state index contributed by atoms with van der Waals surface area (Å²) in [5, 5.41) is 3.84. The van der Waals surface area contributed by atoms with E-state index in [2.05, 4.69) is 14.9 Å². The summed E-state index contributed by atoms with van der Waals surface area (Å²) in [6.07, 6.45) is 3.01. The maximum absolute atomic E-state index is 13.6. The number of nitrogens with one attached hydrogen (secondary N) is 1. The summed E-state index contributed by atoms with van der Waals surface area (Å²) in [5.74, 6) is 0.795. The molecule has 10 nitrogen and oxygen atoms in total. The van der Waals surface area contributed by atoms with Crippen molar-refractivity contribution in [1.29, 1.82) is 0 Å². The van der Waals surface area contributed by atoms with Gasteiger partial charge in [-0.3, -0.25) is 4.79 Å². The number of amides is 1. The molecule has 0 fully saturated rings. The quantitative estimate of drug-likeness (QED) is 0.234. The van der Waals surface area contributed by atoms with Crippen molar-refractivity contribution in [2.24, 2.45) is 0 Å². The topological polar surface area (TPSA) is 128 Å². The molecule has 2 heterocycles. The fraction of sp³-hybridized carbons (Fsp3) is 0.167. The normalized spacial score (nSPS) is 11.3. The number of rotatable bonds is 10. The molecule has 41 heavy (non-hydrogen) atoms. The van der Waals surface area contributed by atoms with Gasteiger partial charge < -0.3 is 18.6 Å². The number of sulfonamides is 1. The first-order valence-electron chi connectivity index (χ1n) is 12.7. The van der Waals surface area contributed by atoms with Gasteiger partial charge in [0.2, 0.25) is 11.8 Å². The average molecular weight is 573 g/mol. The second-order valence-corrected chi connectivity index (χ2v) is 11.0. The van der Waals surface area contributed by atoms with Crippen LogP contribution in [0.4, 0.5) is 5.88 Å². The van der Waals surface area contributed by atoms with Gasteiger partial charge in [-0.15, -0.1) is 0 Å². The number of carbonyl (C=O) groups excluding carboxylic acids is 1. The maximum Gasteiger partial charge on any atom is 0.264 e. The van der Waals surface area contributed by atoms with E-state index in [1.165, 1.54) is 17.2 Å². The molecule has 5 rings (SSSR count). The molecule has 1 N–H and O–H groups in total. The number of aryl methyl sites for hydroxylation is 1. The van der Waals surface area contributed by atoms with Gasteiger partial charge >= 0.3 is 0 Å². The van der Waals surface area contributed by atoms with Crippen LogP contribution in [0.2, 0.25) is 0 Å². The first kappa shape index (κ1) is 27.7. The largest absolute Gasteiger partial charge is 0.484 e. The third-order valence-corrected chi connectivity index (χ3v) is 7.96. The van der Waals surface area contributed by atoms with Gasteiger partial charge in [-0.2, -0.15) is 0 Å². The molecule has 3 aromatic carbocycles. The summed E-state index contributed by atoms with van der Waals surface area (Å²) in [4.78, 5) is 18.8. The van der Waals surface area contributed by atoms with Gasteiger partial charge in [-0.25, -0.2) is 18.1 Å². The Labute approximate surface area is 237 Å². The molecule has 0 aliphatic rings. The van der Waals surface area contributed by atoms with Gasteiger partial charge in [-0.1, -0.05) is 47.6 Å². The Morgan fingerprint density at radius 3 is 2.46 bits per heavy atom. The Balaban J connectivity index is 1.49. The lowest BCUT2D eigenvalue weighted by molar-refractivity contribution is -0.132. The van der Waals surface area contributed by atoms with E-state index in [1.807, 2.05) is 24.3 Å². The van der Waals surface area contributed by atoms with E-state index < -0.39 is 10.0 Å². The van der Waals surface area contributed by atoms with Crippen molar-refractivity contribution >= 4 is 21.8 Å². The molecule has 210 valence electrons. The van der Waals surface area contributed by atoms with Crippen molar-refractivity contribution in [2.75, 3.05) is 18.4 Å². The van der Waals surface area contributed by atoms with Crippen LogP contribution in [0.15, 0.2) is 99.1 Å². The van der Waals surface area contributed by atoms with E-state index in [4.69, 9.17) is 13.7 Å². The molecule has 1 amide bonds. The fourth-order valence-electron chi connectivity index (χ4n) is 4.21. The molecular weight excluding hydrogens is 544 g/mol. The number of ether oxygens (including phenoxy) is 1. The van der Waals surface area contributed by atoms with E-state index in [0.717, 1.165) is 0 Å². The smallest absolute Gasteiger partial charge is 0.264 e. The monoisotopic (exact) mass is 572 g/mol. The standard InChI is InChI=1S/C30H28N4O6S/c1-20-21(2)32-40-29(20)33-41(36,37)27-12-8-7-11-26(27)25-14-13-22(30-31-15-16-38-30)17-23(25)18-34(3)28(35)19-39-24-9-5-4-6-10-24/h4-17,33H,18-19H2,1-3H3. The predicted octanol–water partition coefficient (Wildman–Crippen LogP) is 5.45. The summed E-state index contributed by atoms with van der Waals surface area (Å²) in [5.41, 5.74) is 3.62. The average Bonchev–Trinajstić information content (AvgIpc) is 3.63. The number of benzene rings is 3. The Hall–Kier alpha value is -4.90. The SMILES string of the molecule is Cc1noc(NS(=O)(=O)c2ccccc2-c2ccc(-c3ncco3)cc2CN(C)C(=O)COc2ccccc2)c1C. The number of carbonyl (C=O) groups is 1. The number of hydrogen-bond donors (Lipinski definition) is 1. The number of nitrogens with zero attached hydrogens (tertiary/aromatic N) is 3. The molecule has 5 aromatic rings. The highest BCUT2D eigenvalue weighted by Gasteiger charge is 2.25. The molecule has 0 unspecified atom stereocenters. The first-order valence-corrected chi connectivity index (χ1v) is 14.2. The second kappa shape index (κ2) is 11.7. The summed E-state index contributed by atoms with van der Waals surface area (Å²) in [6.45, 7) is 3.47. The van der Waals surface area contributed by atoms with Crippen LogP contribution in [-0.2, 0) is 21.4 Å². The number of hydrogen-bond acceptors (Lipinski definition) is 8. The molecule has 0 aliphatic carbocycles. The molecule has 0 saturated heterocycles. The van der Waals surface area contributed by atoms with Crippen LogP contribution in [0.25, 0.3) is 22.6 Å².